The number of aryl methyl sites for hydroxylation is 1. The molecule has 4 nitrogen and oxygen atoms in total. The van der Waals surface area contributed by atoms with E-state index in [1.165, 1.54) is 0 Å². The lowest BCUT2D eigenvalue weighted by atomic mass is 10.2. The van der Waals surface area contributed by atoms with Crippen molar-refractivity contribution in [3.8, 4) is 5.75 Å². The van der Waals surface area contributed by atoms with Gasteiger partial charge in [-0.2, -0.15) is 0 Å². The maximum Gasteiger partial charge on any atom is 0.223 e. The molecule has 1 N–H and O–H groups in total. The molecule has 0 unspecified atom stereocenters. The van der Waals surface area contributed by atoms with Crippen LogP contribution < -0.4 is 10.1 Å². The Hall–Kier alpha value is -1.55. The highest BCUT2D eigenvalue weighted by molar-refractivity contribution is 5.76. The molecule has 0 aliphatic rings. The number of hydrogen-bond donors (Lipinski definition) is 1. The van der Waals surface area contributed by atoms with E-state index >= 15 is 0 Å². The fourth-order valence-corrected chi connectivity index (χ4v) is 1.61. The van der Waals surface area contributed by atoms with Crippen LogP contribution in [0.1, 0.15) is 18.9 Å². The van der Waals surface area contributed by atoms with Gasteiger partial charge in [0.15, 0.2) is 0 Å². The van der Waals surface area contributed by atoms with Crippen molar-refractivity contribution in [2.45, 2.75) is 26.3 Å². The van der Waals surface area contributed by atoms with E-state index in [-0.39, 0.29) is 11.9 Å². The molecule has 1 aromatic rings. The molecule has 0 radical (unpaired) electrons. The quantitative estimate of drug-likeness (QED) is 0.805. The third-order valence-electron chi connectivity index (χ3n) is 2.50. The minimum absolute atomic E-state index is 0.0202. The van der Waals surface area contributed by atoms with Crippen LogP contribution in [0.25, 0.3) is 0 Å². The molecule has 0 saturated carbocycles. The first-order valence-electron chi connectivity index (χ1n) is 6.10. The number of ether oxygens (including phenoxy) is 2. The van der Waals surface area contributed by atoms with Gasteiger partial charge in [-0.25, -0.2) is 0 Å². The van der Waals surface area contributed by atoms with Crippen molar-refractivity contribution in [2.75, 3.05) is 20.3 Å². The molecule has 0 saturated heterocycles. The second kappa shape index (κ2) is 7.71. The molecule has 0 heterocycles. The van der Waals surface area contributed by atoms with Crippen molar-refractivity contribution in [1.82, 2.24) is 5.32 Å². The molecule has 4 heteroatoms. The Morgan fingerprint density at radius 1 is 1.39 bits per heavy atom. The maximum atomic E-state index is 11.6. The molecular weight excluding hydrogens is 230 g/mol. The first-order valence-corrected chi connectivity index (χ1v) is 6.10. The third kappa shape index (κ3) is 5.19. The van der Waals surface area contributed by atoms with Crippen LogP contribution in [0, 0.1) is 6.92 Å². The minimum Gasteiger partial charge on any atom is -0.493 e. The van der Waals surface area contributed by atoms with Gasteiger partial charge in [0.05, 0.1) is 19.6 Å². The molecule has 0 aliphatic carbocycles. The summed E-state index contributed by atoms with van der Waals surface area (Å²) in [6.45, 7) is 4.79. The monoisotopic (exact) mass is 251 g/mol. The number of nitrogens with one attached hydrogen (secondary N) is 1. The van der Waals surface area contributed by atoms with E-state index in [9.17, 15) is 4.79 Å². The summed E-state index contributed by atoms with van der Waals surface area (Å²) in [5.74, 6) is 0.809. The summed E-state index contributed by atoms with van der Waals surface area (Å²) in [6.07, 6.45) is 0.350. The zero-order valence-electron chi connectivity index (χ0n) is 11.2. The highest BCUT2D eigenvalue weighted by Gasteiger charge is 2.07. The molecular formula is C14H21NO3. The van der Waals surface area contributed by atoms with Gasteiger partial charge in [-0.1, -0.05) is 18.2 Å². The van der Waals surface area contributed by atoms with E-state index in [4.69, 9.17) is 9.47 Å². The molecule has 18 heavy (non-hydrogen) atoms. The van der Waals surface area contributed by atoms with E-state index in [1.807, 2.05) is 38.1 Å². The Kier molecular flexibility index (Phi) is 6.22. The molecule has 0 aromatic heterocycles. The number of para-hydroxylation sites is 1. The zero-order valence-corrected chi connectivity index (χ0v) is 11.2. The largest absolute Gasteiger partial charge is 0.493 e. The number of benzene rings is 1. The SMILES string of the molecule is COC[C@@H](C)NC(=O)CCOc1ccccc1C. The van der Waals surface area contributed by atoms with Crippen LogP contribution in [0.3, 0.4) is 0 Å². The second-order valence-electron chi connectivity index (χ2n) is 4.29. The first kappa shape index (κ1) is 14.5. The molecule has 0 aliphatic heterocycles. The molecule has 1 aromatic carbocycles. The molecule has 1 atom stereocenters. The average molecular weight is 251 g/mol. The van der Waals surface area contributed by atoms with Crippen molar-refractivity contribution in [3.05, 3.63) is 29.8 Å². The summed E-state index contributed by atoms with van der Waals surface area (Å²) < 4.78 is 10.5. The van der Waals surface area contributed by atoms with Crippen LogP contribution >= 0.6 is 0 Å². The third-order valence-corrected chi connectivity index (χ3v) is 2.50. The first-order chi connectivity index (χ1) is 8.63. The molecule has 0 bridgehead atoms. The lowest BCUT2D eigenvalue weighted by Crippen LogP contribution is -2.36. The lowest BCUT2D eigenvalue weighted by molar-refractivity contribution is -0.122. The van der Waals surface area contributed by atoms with Crippen molar-refractivity contribution < 1.29 is 14.3 Å². The zero-order chi connectivity index (χ0) is 13.4. The Bertz CT molecular complexity index is 379. The number of carbonyl (C=O) groups is 1. The molecule has 1 rings (SSSR count). The van der Waals surface area contributed by atoms with Crippen molar-refractivity contribution in [1.29, 1.82) is 0 Å². The van der Waals surface area contributed by atoms with E-state index in [0.717, 1.165) is 11.3 Å². The van der Waals surface area contributed by atoms with Crippen molar-refractivity contribution in [3.63, 3.8) is 0 Å². The number of hydrogen-bond acceptors (Lipinski definition) is 3. The van der Waals surface area contributed by atoms with Crippen LogP contribution in [0.2, 0.25) is 0 Å². The maximum absolute atomic E-state index is 11.6. The summed E-state index contributed by atoms with van der Waals surface area (Å²) in [7, 11) is 1.62. The number of carbonyl (C=O) groups excluding carboxylic acids is 1. The van der Waals surface area contributed by atoms with Gasteiger partial charge in [0.1, 0.15) is 5.75 Å². The average Bonchev–Trinajstić information content (AvgIpc) is 2.31. The Balaban J connectivity index is 2.25. The smallest absolute Gasteiger partial charge is 0.223 e. The highest BCUT2D eigenvalue weighted by atomic mass is 16.5. The summed E-state index contributed by atoms with van der Waals surface area (Å²) in [4.78, 5) is 11.6. The summed E-state index contributed by atoms with van der Waals surface area (Å²) >= 11 is 0. The van der Waals surface area contributed by atoms with Crippen LogP contribution in [0.4, 0.5) is 0 Å². The van der Waals surface area contributed by atoms with E-state index in [2.05, 4.69) is 5.32 Å². The summed E-state index contributed by atoms with van der Waals surface area (Å²) in [5.41, 5.74) is 1.07. The standard InChI is InChI=1S/C14H21NO3/c1-11-6-4-5-7-13(11)18-9-8-14(16)15-12(2)10-17-3/h4-7,12H,8-10H2,1-3H3,(H,15,16)/t12-/m1/s1. The molecule has 0 fully saturated rings. The van der Waals surface area contributed by atoms with Gasteiger partial charge in [-0.3, -0.25) is 4.79 Å². The highest BCUT2D eigenvalue weighted by Crippen LogP contribution is 2.16. The van der Waals surface area contributed by atoms with E-state index in [0.29, 0.717) is 19.6 Å². The minimum atomic E-state index is -0.0202. The molecule has 100 valence electrons. The lowest BCUT2D eigenvalue weighted by Gasteiger charge is -2.13. The summed E-state index contributed by atoms with van der Waals surface area (Å²) in [6, 6.07) is 7.79. The van der Waals surface area contributed by atoms with E-state index in [1.54, 1.807) is 7.11 Å². The summed E-state index contributed by atoms with van der Waals surface area (Å²) in [5, 5.41) is 2.84. The topological polar surface area (TPSA) is 47.6 Å². The van der Waals surface area contributed by atoms with E-state index < -0.39 is 0 Å². The number of rotatable bonds is 7. The number of methoxy groups -OCH3 is 1. The van der Waals surface area contributed by atoms with Gasteiger partial charge in [0.25, 0.3) is 0 Å². The van der Waals surface area contributed by atoms with Crippen LogP contribution in [0.15, 0.2) is 24.3 Å². The fourth-order valence-electron chi connectivity index (χ4n) is 1.61. The fraction of sp³-hybridized carbons (Fsp3) is 0.500. The van der Waals surface area contributed by atoms with Crippen LogP contribution in [-0.2, 0) is 9.53 Å². The molecule has 1 amide bonds. The van der Waals surface area contributed by atoms with Crippen LogP contribution in [-0.4, -0.2) is 32.3 Å². The molecule has 0 spiro atoms. The van der Waals surface area contributed by atoms with Crippen molar-refractivity contribution in [2.24, 2.45) is 0 Å². The van der Waals surface area contributed by atoms with Gasteiger partial charge in [-0.15, -0.1) is 0 Å². The Labute approximate surface area is 108 Å². The Morgan fingerprint density at radius 3 is 2.78 bits per heavy atom. The second-order valence-corrected chi connectivity index (χ2v) is 4.29. The Morgan fingerprint density at radius 2 is 2.11 bits per heavy atom. The number of amides is 1. The van der Waals surface area contributed by atoms with Gasteiger partial charge in [0, 0.05) is 13.2 Å². The predicted octanol–water partition coefficient (Wildman–Crippen LogP) is 1.92. The predicted molar refractivity (Wildman–Crippen MR) is 70.8 cm³/mol. The van der Waals surface area contributed by atoms with Gasteiger partial charge in [0.2, 0.25) is 5.91 Å². The van der Waals surface area contributed by atoms with Crippen LogP contribution in [0.5, 0.6) is 5.75 Å². The van der Waals surface area contributed by atoms with Gasteiger partial charge >= 0.3 is 0 Å². The van der Waals surface area contributed by atoms with Gasteiger partial charge < -0.3 is 14.8 Å². The van der Waals surface area contributed by atoms with Crippen molar-refractivity contribution >= 4 is 5.91 Å². The van der Waals surface area contributed by atoms with Gasteiger partial charge in [-0.05, 0) is 25.5 Å². The normalized spacial score (nSPS) is 11.9.